The summed E-state index contributed by atoms with van der Waals surface area (Å²) < 4.78 is 1.93. The molecule has 2 heterocycles. The van der Waals surface area contributed by atoms with Gasteiger partial charge in [-0.1, -0.05) is 63.2 Å². The van der Waals surface area contributed by atoms with Gasteiger partial charge < -0.3 is 9.47 Å². The van der Waals surface area contributed by atoms with Crippen molar-refractivity contribution in [1.82, 2.24) is 9.47 Å². The second-order valence-electron chi connectivity index (χ2n) is 10.2. The lowest BCUT2D eigenvalue weighted by Gasteiger charge is -2.32. The van der Waals surface area contributed by atoms with Gasteiger partial charge in [0.25, 0.3) is 5.56 Å². The lowest BCUT2D eigenvalue weighted by molar-refractivity contribution is 0.180. The summed E-state index contributed by atoms with van der Waals surface area (Å²) in [7, 11) is 0. The number of fused-ring (bicyclic) bond motifs is 1. The standard InChI is InChI=1S/C28H36N2O/c1-28(2,3)25-12-9-22(10-13-25)21-23-15-19-29(20-16-23)17-6-18-30-26-8-5-4-7-24(26)11-14-27(30)31/h4-5,7-14,23H,6,15-21H2,1-3H3. The van der Waals surface area contributed by atoms with Crippen LogP contribution in [0.1, 0.15) is 51.2 Å². The van der Waals surface area contributed by atoms with E-state index in [1.54, 1.807) is 6.07 Å². The first-order chi connectivity index (χ1) is 14.9. The topological polar surface area (TPSA) is 25.2 Å². The average Bonchev–Trinajstić information content (AvgIpc) is 2.76. The molecule has 3 nitrogen and oxygen atoms in total. The molecule has 1 aromatic heterocycles. The second kappa shape index (κ2) is 9.40. The van der Waals surface area contributed by atoms with Crippen LogP contribution in [0.5, 0.6) is 0 Å². The van der Waals surface area contributed by atoms with Gasteiger partial charge in [-0.05, 0) is 85.3 Å². The first kappa shape index (κ1) is 21.8. The zero-order valence-electron chi connectivity index (χ0n) is 19.3. The average molecular weight is 417 g/mol. The summed E-state index contributed by atoms with van der Waals surface area (Å²) in [6, 6.07) is 21.1. The summed E-state index contributed by atoms with van der Waals surface area (Å²) in [5, 5.41) is 1.14. The second-order valence-corrected chi connectivity index (χ2v) is 10.2. The maximum atomic E-state index is 12.4. The minimum absolute atomic E-state index is 0.106. The number of nitrogens with zero attached hydrogens (tertiary/aromatic N) is 2. The van der Waals surface area contributed by atoms with Crippen LogP contribution in [-0.4, -0.2) is 29.1 Å². The van der Waals surface area contributed by atoms with Crippen LogP contribution in [0.15, 0.2) is 65.5 Å². The number of pyridine rings is 1. The predicted molar refractivity (Wildman–Crippen MR) is 131 cm³/mol. The van der Waals surface area contributed by atoms with Gasteiger partial charge in [0.15, 0.2) is 0 Å². The highest BCUT2D eigenvalue weighted by molar-refractivity contribution is 5.78. The predicted octanol–water partition coefficient (Wildman–Crippen LogP) is 5.64. The fourth-order valence-corrected chi connectivity index (χ4v) is 4.82. The van der Waals surface area contributed by atoms with Crippen LogP contribution in [0.3, 0.4) is 0 Å². The first-order valence-corrected chi connectivity index (χ1v) is 11.8. The molecule has 0 N–H and O–H groups in total. The smallest absolute Gasteiger partial charge is 0.251 e. The summed E-state index contributed by atoms with van der Waals surface area (Å²) in [6.45, 7) is 11.0. The molecule has 164 valence electrons. The van der Waals surface area contributed by atoms with Gasteiger partial charge in [-0.2, -0.15) is 0 Å². The van der Waals surface area contributed by atoms with E-state index >= 15 is 0 Å². The van der Waals surface area contributed by atoms with E-state index in [1.807, 2.05) is 22.8 Å². The Bertz CT molecular complexity index is 1050. The Morgan fingerprint density at radius 1 is 0.871 bits per heavy atom. The van der Waals surface area contributed by atoms with Gasteiger partial charge in [0.2, 0.25) is 0 Å². The summed E-state index contributed by atoms with van der Waals surface area (Å²) in [6.07, 6.45) is 4.76. The van der Waals surface area contributed by atoms with E-state index in [4.69, 9.17) is 0 Å². The number of hydrogen-bond acceptors (Lipinski definition) is 2. The molecule has 2 aromatic carbocycles. The quantitative estimate of drug-likeness (QED) is 0.519. The van der Waals surface area contributed by atoms with E-state index in [-0.39, 0.29) is 11.0 Å². The van der Waals surface area contributed by atoms with Crippen molar-refractivity contribution in [3.63, 3.8) is 0 Å². The van der Waals surface area contributed by atoms with E-state index in [9.17, 15) is 4.79 Å². The lowest BCUT2D eigenvalue weighted by Crippen LogP contribution is -2.35. The van der Waals surface area contributed by atoms with Crippen molar-refractivity contribution in [2.75, 3.05) is 19.6 Å². The fourth-order valence-electron chi connectivity index (χ4n) is 4.82. The molecule has 0 spiro atoms. The first-order valence-electron chi connectivity index (χ1n) is 11.8. The molecule has 1 saturated heterocycles. The fraction of sp³-hybridized carbons (Fsp3) is 0.464. The number of hydrogen-bond donors (Lipinski definition) is 0. The molecule has 4 rings (SSSR count). The van der Waals surface area contributed by atoms with E-state index in [0.29, 0.717) is 0 Å². The van der Waals surface area contributed by atoms with Crippen LogP contribution in [0.25, 0.3) is 10.9 Å². The lowest BCUT2D eigenvalue weighted by atomic mass is 9.85. The molecule has 31 heavy (non-hydrogen) atoms. The third-order valence-electron chi connectivity index (χ3n) is 6.81. The van der Waals surface area contributed by atoms with Gasteiger partial charge in [0, 0.05) is 12.6 Å². The minimum Gasteiger partial charge on any atom is -0.308 e. The zero-order valence-corrected chi connectivity index (χ0v) is 19.3. The van der Waals surface area contributed by atoms with Crippen molar-refractivity contribution < 1.29 is 0 Å². The summed E-state index contributed by atoms with van der Waals surface area (Å²) in [4.78, 5) is 14.9. The normalized spacial score (nSPS) is 16.1. The molecule has 0 saturated carbocycles. The minimum atomic E-state index is 0.106. The van der Waals surface area contributed by atoms with Crippen molar-refractivity contribution in [2.24, 2.45) is 5.92 Å². The molecule has 0 amide bonds. The van der Waals surface area contributed by atoms with E-state index in [2.05, 4.69) is 62.1 Å². The maximum absolute atomic E-state index is 12.4. The van der Waals surface area contributed by atoms with Crippen molar-refractivity contribution >= 4 is 10.9 Å². The van der Waals surface area contributed by atoms with Crippen LogP contribution in [0.2, 0.25) is 0 Å². The Balaban J connectivity index is 1.25. The van der Waals surface area contributed by atoms with Crippen molar-refractivity contribution in [2.45, 2.75) is 58.4 Å². The van der Waals surface area contributed by atoms with Crippen LogP contribution in [0.4, 0.5) is 0 Å². The molecule has 0 aliphatic carbocycles. The summed E-state index contributed by atoms with van der Waals surface area (Å²) >= 11 is 0. The SMILES string of the molecule is CC(C)(C)c1ccc(CC2CCN(CCCn3c(=O)ccc4ccccc43)CC2)cc1. The number of benzene rings is 2. The van der Waals surface area contributed by atoms with Crippen LogP contribution < -0.4 is 5.56 Å². The number of aryl methyl sites for hydroxylation is 1. The van der Waals surface area contributed by atoms with Crippen molar-refractivity contribution in [1.29, 1.82) is 0 Å². The Morgan fingerprint density at radius 3 is 2.29 bits per heavy atom. The Hall–Kier alpha value is -2.39. The molecule has 1 fully saturated rings. The van der Waals surface area contributed by atoms with Gasteiger partial charge in [-0.3, -0.25) is 4.79 Å². The van der Waals surface area contributed by atoms with Gasteiger partial charge in [-0.15, -0.1) is 0 Å². The Labute approximate surface area is 186 Å². The summed E-state index contributed by atoms with van der Waals surface area (Å²) in [5.74, 6) is 0.789. The monoisotopic (exact) mass is 416 g/mol. The van der Waals surface area contributed by atoms with E-state index in [0.717, 1.165) is 36.3 Å². The molecular formula is C28H36N2O. The molecule has 0 bridgehead atoms. The molecule has 0 radical (unpaired) electrons. The number of para-hydroxylation sites is 1. The molecule has 3 aromatic rings. The van der Waals surface area contributed by atoms with Gasteiger partial charge >= 0.3 is 0 Å². The van der Waals surface area contributed by atoms with Crippen LogP contribution in [-0.2, 0) is 18.4 Å². The van der Waals surface area contributed by atoms with Crippen molar-refractivity contribution in [3.05, 3.63) is 82.1 Å². The van der Waals surface area contributed by atoms with Crippen molar-refractivity contribution in [3.8, 4) is 0 Å². The van der Waals surface area contributed by atoms with E-state index in [1.165, 1.54) is 43.5 Å². The number of likely N-dealkylation sites (tertiary alicyclic amines) is 1. The molecule has 0 atom stereocenters. The molecular weight excluding hydrogens is 380 g/mol. The Morgan fingerprint density at radius 2 is 1.58 bits per heavy atom. The number of piperidine rings is 1. The van der Waals surface area contributed by atoms with Gasteiger partial charge in [0.05, 0.1) is 5.52 Å². The van der Waals surface area contributed by atoms with Gasteiger partial charge in [0.1, 0.15) is 0 Å². The summed E-state index contributed by atoms with van der Waals surface area (Å²) in [5.41, 5.74) is 4.26. The Kier molecular flexibility index (Phi) is 6.62. The van der Waals surface area contributed by atoms with E-state index < -0.39 is 0 Å². The molecule has 0 unspecified atom stereocenters. The number of aromatic nitrogens is 1. The molecule has 1 aliphatic heterocycles. The van der Waals surface area contributed by atoms with Crippen LogP contribution >= 0.6 is 0 Å². The molecule has 3 heteroatoms. The van der Waals surface area contributed by atoms with Gasteiger partial charge in [-0.25, -0.2) is 0 Å². The number of rotatable bonds is 6. The molecule has 1 aliphatic rings. The van der Waals surface area contributed by atoms with Crippen LogP contribution in [0, 0.1) is 5.92 Å². The maximum Gasteiger partial charge on any atom is 0.251 e. The zero-order chi connectivity index (χ0) is 21.8. The third kappa shape index (κ3) is 5.46. The largest absolute Gasteiger partial charge is 0.308 e. The third-order valence-corrected chi connectivity index (χ3v) is 6.81. The highest BCUT2D eigenvalue weighted by Crippen LogP contribution is 2.25. The highest BCUT2D eigenvalue weighted by Gasteiger charge is 2.20. The highest BCUT2D eigenvalue weighted by atomic mass is 16.1.